The van der Waals surface area contributed by atoms with E-state index in [0.29, 0.717) is 39.3 Å². The van der Waals surface area contributed by atoms with Crippen molar-refractivity contribution < 1.29 is 13.2 Å². The molecular formula is C23H36N6O3S. The van der Waals surface area contributed by atoms with Crippen LogP contribution in [0.4, 0.5) is 5.69 Å². The molecule has 1 aliphatic rings. The van der Waals surface area contributed by atoms with Crippen molar-refractivity contribution in [2.24, 2.45) is 0 Å². The fourth-order valence-electron chi connectivity index (χ4n) is 3.97. The largest absolute Gasteiger partial charge is 0.369 e. The molecule has 2 heterocycles. The molecular weight excluding hydrogens is 440 g/mol. The number of hydrogen-bond donors (Lipinski definition) is 1. The second kappa shape index (κ2) is 10.7. The Morgan fingerprint density at radius 3 is 2.48 bits per heavy atom. The topological polar surface area (TPSA) is 90.8 Å². The summed E-state index contributed by atoms with van der Waals surface area (Å²) in [5.74, 6) is -0.402. The number of carbonyl (C=O) groups excluding carboxylic acids is 1. The van der Waals surface area contributed by atoms with Crippen LogP contribution in [0.25, 0.3) is 0 Å². The molecule has 0 saturated carbocycles. The Balaban J connectivity index is 1.74. The van der Waals surface area contributed by atoms with Crippen molar-refractivity contribution in [1.29, 1.82) is 0 Å². The van der Waals surface area contributed by atoms with Gasteiger partial charge in [0.1, 0.15) is 0 Å². The molecule has 2 aromatic rings. The van der Waals surface area contributed by atoms with E-state index in [-0.39, 0.29) is 10.6 Å². The zero-order valence-corrected chi connectivity index (χ0v) is 21.2. The molecule has 0 aliphatic carbocycles. The van der Waals surface area contributed by atoms with Gasteiger partial charge in [-0.1, -0.05) is 12.1 Å². The predicted octanol–water partition coefficient (Wildman–Crippen LogP) is 1.71. The molecule has 1 fully saturated rings. The highest BCUT2D eigenvalue weighted by Gasteiger charge is 2.34. The Morgan fingerprint density at radius 1 is 1.15 bits per heavy atom. The van der Waals surface area contributed by atoms with E-state index in [2.05, 4.69) is 41.3 Å². The summed E-state index contributed by atoms with van der Waals surface area (Å²) in [5, 5.41) is 6.94. The molecule has 1 amide bonds. The van der Waals surface area contributed by atoms with Crippen molar-refractivity contribution >= 4 is 21.6 Å². The first-order valence-corrected chi connectivity index (χ1v) is 12.9. The number of aryl methyl sites for hydroxylation is 2. The zero-order chi connectivity index (χ0) is 24.2. The van der Waals surface area contributed by atoms with E-state index in [1.807, 2.05) is 32.0 Å². The van der Waals surface area contributed by atoms with E-state index in [1.165, 1.54) is 26.3 Å². The minimum Gasteiger partial charge on any atom is -0.369 e. The van der Waals surface area contributed by atoms with Crippen LogP contribution in [-0.4, -0.2) is 86.7 Å². The van der Waals surface area contributed by atoms with Gasteiger partial charge in [0.15, 0.2) is 0 Å². The summed E-state index contributed by atoms with van der Waals surface area (Å²) in [7, 11) is 0.0508. The van der Waals surface area contributed by atoms with Gasteiger partial charge in [0.25, 0.3) is 15.9 Å². The number of nitrogens with zero attached hydrogens (tertiary/aromatic N) is 5. The maximum atomic E-state index is 13.5. The molecule has 0 bridgehead atoms. The van der Waals surface area contributed by atoms with Crippen LogP contribution in [0.15, 0.2) is 29.4 Å². The van der Waals surface area contributed by atoms with Gasteiger partial charge in [-0.15, -0.1) is 0 Å². The van der Waals surface area contributed by atoms with Crippen molar-refractivity contribution in [2.45, 2.75) is 38.8 Å². The maximum absolute atomic E-state index is 13.5. The lowest BCUT2D eigenvalue weighted by Crippen LogP contribution is -2.49. The fourth-order valence-corrected chi connectivity index (χ4v) is 5.49. The van der Waals surface area contributed by atoms with Gasteiger partial charge in [0.2, 0.25) is 5.03 Å². The second-order valence-corrected chi connectivity index (χ2v) is 10.6. The lowest BCUT2D eigenvalue weighted by molar-refractivity contribution is 0.0948. The highest BCUT2D eigenvalue weighted by Crippen LogP contribution is 2.26. The molecule has 9 nitrogen and oxygen atoms in total. The molecule has 10 heteroatoms. The zero-order valence-electron chi connectivity index (χ0n) is 20.3. The third-order valence-electron chi connectivity index (χ3n) is 6.10. The van der Waals surface area contributed by atoms with Gasteiger partial charge in [-0.25, -0.2) is 8.42 Å². The number of anilines is 1. The first kappa shape index (κ1) is 25.2. The van der Waals surface area contributed by atoms with Crippen LogP contribution in [0.5, 0.6) is 0 Å². The Labute approximate surface area is 197 Å². The van der Waals surface area contributed by atoms with Crippen LogP contribution in [0, 0.1) is 13.8 Å². The van der Waals surface area contributed by atoms with E-state index >= 15 is 0 Å². The Hall–Kier alpha value is -2.43. The molecule has 1 saturated heterocycles. The van der Waals surface area contributed by atoms with E-state index in [1.54, 1.807) is 0 Å². The minimum atomic E-state index is -3.89. The summed E-state index contributed by atoms with van der Waals surface area (Å²) in [4.78, 5) is 17.1. The monoisotopic (exact) mass is 476 g/mol. The number of rotatable bonds is 9. The second-order valence-electron chi connectivity index (χ2n) is 8.73. The highest BCUT2D eigenvalue weighted by atomic mass is 32.2. The van der Waals surface area contributed by atoms with Crippen molar-refractivity contribution in [3.8, 4) is 0 Å². The number of sulfonamides is 1. The third-order valence-corrected chi connectivity index (χ3v) is 7.94. The lowest BCUT2D eigenvalue weighted by atomic mass is 10.1. The van der Waals surface area contributed by atoms with Gasteiger partial charge in [0.05, 0.1) is 5.56 Å². The molecule has 0 unspecified atom stereocenters. The molecule has 182 valence electrons. The lowest BCUT2D eigenvalue weighted by Gasteiger charge is -2.36. The Kier molecular flexibility index (Phi) is 8.14. The summed E-state index contributed by atoms with van der Waals surface area (Å²) in [5.41, 5.74) is 3.68. The number of nitrogens with one attached hydrogen (secondary N) is 1. The average molecular weight is 477 g/mol. The summed E-state index contributed by atoms with van der Waals surface area (Å²) in [6.07, 6.45) is 2.31. The predicted molar refractivity (Wildman–Crippen MR) is 130 cm³/mol. The molecule has 0 spiro atoms. The number of aromatic nitrogens is 2. The first-order valence-electron chi connectivity index (χ1n) is 11.5. The Bertz CT molecular complexity index is 1070. The summed E-state index contributed by atoms with van der Waals surface area (Å²) in [6.45, 7) is 9.70. The number of piperazine rings is 1. The van der Waals surface area contributed by atoms with Crippen LogP contribution in [0.1, 0.15) is 34.8 Å². The molecule has 3 rings (SSSR count). The first-order chi connectivity index (χ1) is 15.6. The van der Waals surface area contributed by atoms with Crippen molar-refractivity contribution in [3.05, 3.63) is 41.1 Å². The van der Waals surface area contributed by atoms with Gasteiger partial charge < -0.3 is 15.1 Å². The van der Waals surface area contributed by atoms with Crippen LogP contribution < -0.4 is 10.2 Å². The van der Waals surface area contributed by atoms with Crippen LogP contribution >= 0.6 is 0 Å². The van der Waals surface area contributed by atoms with Gasteiger partial charge in [-0.3, -0.25) is 9.48 Å². The number of amides is 1. The van der Waals surface area contributed by atoms with E-state index < -0.39 is 15.9 Å². The van der Waals surface area contributed by atoms with Crippen molar-refractivity contribution in [2.75, 3.05) is 58.3 Å². The van der Waals surface area contributed by atoms with E-state index in [4.69, 9.17) is 0 Å². The smallest absolute Gasteiger partial charge is 0.263 e. The average Bonchev–Trinajstić information content (AvgIpc) is 3.24. The van der Waals surface area contributed by atoms with Crippen LogP contribution in [0.2, 0.25) is 0 Å². The molecule has 1 aliphatic heterocycles. The molecule has 1 aromatic heterocycles. The third kappa shape index (κ3) is 5.74. The molecule has 1 N–H and O–H groups in total. The van der Waals surface area contributed by atoms with E-state index in [9.17, 15) is 13.2 Å². The van der Waals surface area contributed by atoms with Gasteiger partial charge in [0, 0.05) is 51.2 Å². The van der Waals surface area contributed by atoms with Crippen LogP contribution in [-0.2, 0) is 16.6 Å². The van der Waals surface area contributed by atoms with Crippen molar-refractivity contribution in [3.63, 3.8) is 0 Å². The number of carbonyl (C=O) groups is 1. The van der Waals surface area contributed by atoms with Gasteiger partial charge >= 0.3 is 0 Å². The van der Waals surface area contributed by atoms with Crippen molar-refractivity contribution in [1.82, 2.24) is 24.3 Å². The summed E-state index contributed by atoms with van der Waals surface area (Å²) in [6, 6.07) is 6.19. The quantitative estimate of drug-likeness (QED) is 0.554. The Morgan fingerprint density at radius 2 is 1.85 bits per heavy atom. The SMILES string of the molecule is CCn1cc(C(=O)NCCCN(C)C)c(S(=O)(=O)N2CCN(c3cccc(C)c3C)CC2)n1. The maximum Gasteiger partial charge on any atom is 0.263 e. The summed E-state index contributed by atoms with van der Waals surface area (Å²) < 4.78 is 29.9. The fraction of sp³-hybridized carbons (Fsp3) is 0.565. The highest BCUT2D eigenvalue weighted by molar-refractivity contribution is 7.89. The molecule has 1 aromatic carbocycles. The minimum absolute atomic E-state index is 0.110. The normalized spacial score (nSPS) is 15.3. The number of hydrogen-bond acceptors (Lipinski definition) is 6. The number of benzene rings is 1. The standard InChI is InChI=1S/C23H36N6O3S/c1-6-28-17-20(22(30)24-11-8-12-26(4)5)23(25-28)33(31,32)29-15-13-27(14-16-29)21-10-7-9-18(2)19(21)3/h7,9-10,17H,6,8,11-16H2,1-5H3,(H,24,30). The van der Waals surface area contributed by atoms with E-state index in [0.717, 1.165) is 18.7 Å². The van der Waals surface area contributed by atoms with Gasteiger partial charge in [-0.05, 0) is 65.0 Å². The van der Waals surface area contributed by atoms with Gasteiger partial charge in [-0.2, -0.15) is 9.40 Å². The molecule has 0 atom stereocenters. The molecule has 0 radical (unpaired) electrons. The summed E-state index contributed by atoms with van der Waals surface area (Å²) >= 11 is 0. The molecule has 33 heavy (non-hydrogen) atoms. The van der Waals surface area contributed by atoms with Crippen LogP contribution in [0.3, 0.4) is 0 Å².